The average Bonchev–Trinajstić information content (AvgIpc) is 2.87. The minimum absolute atomic E-state index is 0.0755. The van der Waals surface area contributed by atoms with Gasteiger partial charge < -0.3 is 10.1 Å². The van der Waals surface area contributed by atoms with Crippen molar-refractivity contribution in [1.82, 2.24) is 10.2 Å². The van der Waals surface area contributed by atoms with Crippen molar-refractivity contribution in [2.24, 2.45) is 5.92 Å². The van der Waals surface area contributed by atoms with Gasteiger partial charge in [-0.2, -0.15) is 0 Å². The summed E-state index contributed by atoms with van der Waals surface area (Å²) >= 11 is 0. The van der Waals surface area contributed by atoms with Crippen LogP contribution in [0.25, 0.3) is 0 Å². The number of nitrogens with one attached hydrogen (secondary N) is 1. The first kappa shape index (κ1) is 18.2. The average molecular weight is 344 g/mol. The summed E-state index contributed by atoms with van der Waals surface area (Å²) in [6.07, 6.45) is 4.98. The van der Waals surface area contributed by atoms with Crippen molar-refractivity contribution in [1.29, 1.82) is 0 Å². The molecule has 1 N–H and O–H groups in total. The molecule has 2 aliphatic rings. The molecular formula is C21H32N2O2. The molecular weight excluding hydrogens is 312 g/mol. The Hall–Kier alpha value is -1.55. The van der Waals surface area contributed by atoms with Crippen molar-refractivity contribution in [3.8, 4) is 5.75 Å². The molecule has 0 aromatic heterocycles. The highest BCUT2D eigenvalue weighted by atomic mass is 16.5. The van der Waals surface area contributed by atoms with Crippen LogP contribution in [-0.2, 0) is 17.8 Å². The van der Waals surface area contributed by atoms with E-state index in [4.69, 9.17) is 4.74 Å². The van der Waals surface area contributed by atoms with Crippen LogP contribution in [0, 0.1) is 5.92 Å². The number of carbonyl (C=O) groups is 1. The van der Waals surface area contributed by atoms with Crippen LogP contribution in [0.1, 0.15) is 57.6 Å². The van der Waals surface area contributed by atoms with Crippen LogP contribution < -0.4 is 10.1 Å². The molecule has 25 heavy (non-hydrogen) atoms. The molecule has 1 unspecified atom stereocenters. The van der Waals surface area contributed by atoms with Gasteiger partial charge in [0, 0.05) is 32.5 Å². The van der Waals surface area contributed by atoms with Crippen LogP contribution in [-0.4, -0.2) is 36.0 Å². The Bertz CT molecular complexity index is 612. The Morgan fingerprint density at radius 3 is 3.04 bits per heavy atom. The maximum atomic E-state index is 11.7. The lowest BCUT2D eigenvalue weighted by Crippen LogP contribution is -2.40. The number of hydrogen-bond acceptors (Lipinski definition) is 3. The maximum Gasteiger partial charge on any atom is 0.219 e. The van der Waals surface area contributed by atoms with Gasteiger partial charge in [-0.25, -0.2) is 0 Å². The second kappa shape index (κ2) is 7.77. The van der Waals surface area contributed by atoms with Gasteiger partial charge in [0.15, 0.2) is 0 Å². The van der Waals surface area contributed by atoms with E-state index in [2.05, 4.69) is 42.3 Å². The van der Waals surface area contributed by atoms with Crippen LogP contribution in [0.2, 0.25) is 0 Å². The summed E-state index contributed by atoms with van der Waals surface area (Å²) in [4.78, 5) is 14.2. The third kappa shape index (κ3) is 4.97. The van der Waals surface area contributed by atoms with Gasteiger partial charge in [0.2, 0.25) is 5.91 Å². The zero-order valence-electron chi connectivity index (χ0n) is 15.9. The van der Waals surface area contributed by atoms with E-state index < -0.39 is 0 Å². The first-order chi connectivity index (χ1) is 11.9. The standard InChI is InChI=1S/C21H32N2O2/c1-4-6-20(24)22-13-17-7-5-10-23(15-17)14-16-8-9-19-18(11-16)12-21(2,3)25-19/h8-9,11,17H,4-7,10,12-15H2,1-3H3,(H,22,24). The summed E-state index contributed by atoms with van der Waals surface area (Å²) in [5.41, 5.74) is 2.63. The quantitative estimate of drug-likeness (QED) is 0.858. The first-order valence-electron chi connectivity index (χ1n) is 9.75. The molecule has 2 aliphatic heterocycles. The van der Waals surface area contributed by atoms with Gasteiger partial charge in [-0.1, -0.05) is 19.1 Å². The van der Waals surface area contributed by atoms with Gasteiger partial charge in [0.25, 0.3) is 0 Å². The molecule has 1 atom stereocenters. The fraction of sp³-hybridized carbons (Fsp3) is 0.667. The second-order valence-corrected chi connectivity index (χ2v) is 8.28. The van der Waals surface area contributed by atoms with Crippen molar-refractivity contribution in [3.05, 3.63) is 29.3 Å². The van der Waals surface area contributed by atoms with Gasteiger partial charge >= 0.3 is 0 Å². The lowest BCUT2D eigenvalue weighted by atomic mass is 9.96. The highest BCUT2D eigenvalue weighted by molar-refractivity contribution is 5.75. The van der Waals surface area contributed by atoms with Gasteiger partial charge in [0.05, 0.1) is 0 Å². The molecule has 1 aromatic rings. The number of likely N-dealkylation sites (tertiary alicyclic amines) is 1. The molecule has 0 bridgehead atoms. The monoisotopic (exact) mass is 344 g/mol. The Balaban J connectivity index is 1.52. The van der Waals surface area contributed by atoms with Crippen LogP contribution in [0.15, 0.2) is 18.2 Å². The fourth-order valence-electron chi connectivity index (χ4n) is 4.05. The van der Waals surface area contributed by atoms with Gasteiger partial charge in [-0.15, -0.1) is 0 Å². The van der Waals surface area contributed by atoms with E-state index in [1.165, 1.54) is 24.0 Å². The van der Waals surface area contributed by atoms with E-state index in [9.17, 15) is 4.79 Å². The molecule has 0 saturated carbocycles. The largest absolute Gasteiger partial charge is 0.487 e. The molecule has 4 heteroatoms. The smallest absolute Gasteiger partial charge is 0.219 e. The van der Waals surface area contributed by atoms with E-state index in [0.717, 1.165) is 44.8 Å². The van der Waals surface area contributed by atoms with E-state index in [0.29, 0.717) is 12.3 Å². The van der Waals surface area contributed by atoms with Crippen molar-refractivity contribution < 1.29 is 9.53 Å². The zero-order valence-corrected chi connectivity index (χ0v) is 15.9. The van der Waals surface area contributed by atoms with E-state index in [1.54, 1.807) is 0 Å². The molecule has 0 spiro atoms. The minimum atomic E-state index is -0.0755. The molecule has 1 fully saturated rings. The summed E-state index contributed by atoms with van der Waals surface area (Å²) in [6, 6.07) is 6.65. The van der Waals surface area contributed by atoms with Crippen LogP contribution in [0.4, 0.5) is 0 Å². The number of hydrogen-bond donors (Lipinski definition) is 1. The molecule has 0 aliphatic carbocycles. The highest BCUT2D eigenvalue weighted by Crippen LogP contribution is 2.35. The van der Waals surface area contributed by atoms with Gasteiger partial charge in [-0.3, -0.25) is 9.69 Å². The maximum absolute atomic E-state index is 11.7. The number of carbonyl (C=O) groups excluding carboxylic acids is 1. The first-order valence-corrected chi connectivity index (χ1v) is 9.75. The van der Waals surface area contributed by atoms with Gasteiger partial charge in [0.1, 0.15) is 11.4 Å². The van der Waals surface area contributed by atoms with Crippen molar-refractivity contribution in [2.75, 3.05) is 19.6 Å². The minimum Gasteiger partial charge on any atom is -0.487 e. The molecule has 138 valence electrons. The third-order valence-corrected chi connectivity index (χ3v) is 5.20. The van der Waals surface area contributed by atoms with Crippen LogP contribution in [0.3, 0.4) is 0 Å². The normalized spacial score (nSPS) is 22.3. The number of benzene rings is 1. The molecule has 0 radical (unpaired) electrons. The number of nitrogens with zero attached hydrogens (tertiary/aromatic N) is 1. The summed E-state index contributed by atoms with van der Waals surface area (Å²) < 4.78 is 5.98. The molecule has 3 rings (SSSR count). The van der Waals surface area contributed by atoms with Crippen LogP contribution in [0.5, 0.6) is 5.75 Å². The Labute approximate surface area is 151 Å². The van der Waals surface area contributed by atoms with E-state index in [-0.39, 0.29) is 11.5 Å². The van der Waals surface area contributed by atoms with Crippen molar-refractivity contribution >= 4 is 5.91 Å². The van der Waals surface area contributed by atoms with E-state index >= 15 is 0 Å². The lowest BCUT2D eigenvalue weighted by molar-refractivity contribution is -0.121. The zero-order chi connectivity index (χ0) is 17.9. The summed E-state index contributed by atoms with van der Waals surface area (Å²) in [7, 11) is 0. The Kier molecular flexibility index (Phi) is 5.67. The molecule has 1 saturated heterocycles. The molecule has 1 amide bonds. The predicted molar refractivity (Wildman–Crippen MR) is 101 cm³/mol. The lowest BCUT2D eigenvalue weighted by Gasteiger charge is -2.33. The SMILES string of the molecule is CCCC(=O)NCC1CCCN(Cc2ccc3c(c2)CC(C)(C)O3)C1. The molecule has 1 aromatic carbocycles. The fourth-order valence-corrected chi connectivity index (χ4v) is 4.05. The van der Waals surface area contributed by atoms with Crippen LogP contribution >= 0.6 is 0 Å². The molecule has 2 heterocycles. The number of piperidine rings is 1. The number of ether oxygens (including phenoxy) is 1. The molecule has 4 nitrogen and oxygen atoms in total. The summed E-state index contributed by atoms with van der Waals surface area (Å²) in [6.45, 7) is 10.4. The van der Waals surface area contributed by atoms with Crippen molar-refractivity contribution in [3.63, 3.8) is 0 Å². The summed E-state index contributed by atoms with van der Waals surface area (Å²) in [5, 5.41) is 3.10. The third-order valence-electron chi connectivity index (χ3n) is 5.20. The second-order valence-electron chi connectivity index (χ2n) is 8.28. The van der Waals surface area contributed by atoms with Crippen molar-refractivity contribution in [2.45, 2.75) is 65.0 Å². The number of fused-ring (bicyclic) bond motifs is 1. The topological polar surface area (TPSA) is 41.6 Å². The predicted octanol–water partition coefficient (Wildman–Crippen LogP) is 3.53. The Morgan fingerprint density at radius 2 is 2.24 bits per heavy atom. The summed E-state index contributed by atoms with van der Waals surface area (Å²) in [5.74, 6) is 1.82. The van der Waals surface area contributed by atoms with Gasteiger partial charge in [-0.05, 0) is 62.8 Å². The number of amides is 1. The van der Waals surface area contributed by atoms with E-state index in [1.807, 2.05) is 6.92 Å². The Morgan fingerprint density at radius 1 is 1.40 bits per heavy atom. The number of rotatable bonds is 6. The highest BCUT2D eigenvalue weighted by Gasteiger charge is 2.30.